The standard InChI is InChI=1S/C28H38N2O4/c1-21(2)28(20-29,26-10-9-24(18-31)25(17-26)19-32)12-6-13-30(3)14-11-22-7-5-8-23(15-22)16-27(33)34-4/h5,7-10,15,17,21,31-32H,6,11-14,16,18-19H2,1-4H3. The van der Waals surface area contributed by atoms with Crippen LogP contribution in [0.2, 0.25) is 0 Å². The number of carbonyl (C=O) groups excluding carboxylic acids is 1. The minimum absolute atomic E-state index is 0.104. The van der Waals surface area contributed by atoms with Crippen molar-refractivity contribution < 1.29 is 19.7 Å². The molecule has 2 aromatic rings. The highest BCUT2D eigenvalue weighted by Gasteiger charge is 2.36. The second-order valence-corrected chi connectivity index (χ2v) is 9.27. The molecule has 0 amide bonds. The molecule has 2 rings (SSSR count). The van der Waals surface area contributed by atoms with Crippen molar-refractivity contribution in [2.45, 2.75) is 58.2 Å². The summed E-state index contributed by atoms with van der Waals surface area (Å²) in [7, 11) is 3.48. The maximum absolute atomic E-state index is 11.5. The Morgan fingerprint density at radius 2 is 1.79 bits per heavy atom. The van der Waals surface area contributed by atoms with Crippen molar-refractivity contribution >= 4 is 5.97 Å². The molecular formula is C28H38N2O4. The molecule has 184 valence electrons. The Labute approximate surface area is 203 Å². The second kappa shape index (κ2) is 13.2. The molecule has 0 radical (unpaired) electrons. The maximum Gasteiger partial charge on any atom is 0.309 e. The topological polar surface area (TPSA) is 93.8 Å². The first-order valence-electron chi connectivity index (χ1n) is 11.9. The molecule has 0 heterocycles. The van der Waals surface area contributed by atoms with Gasteiger partial charge >= 0.3 is 5.97 Å². The van der Waals surface area contributed by atoms with E-state index in [1.807, 2.05) is 30.3 Å². The van der Waals surface area contributed by atoms with Gasteiger partial charge in [-0.25, -0.2) is 0 Å². The number of likely N-dealkylation sites (N-methyl/N-ethyl adjacent to an activating group) is 1. The number of aliphatic hydroxyl groups is 2. The summed E-state index contributed by atoms with van der Waals surface area (Å²) in [5.41, 5.74) is 3.75. The average molecular weight is 467 g/mol. The van der Waals surface area contributed by atoms with Gasteiger partial charge in [-0.1, -0.05) is 56.3 Å². The van der Waals surface area contributed by atoms with Crippen LogP contribution in [0.25, 0.3) is 0 Å². The zero-order valence-electron chi connectivity index (χ0n) is 20.9. The Morgan fingerprint density at radius 1 is 1.09 bits per heavy atom. The van der Waals surface area contributed by atoms with E-state index in [1.54, 1.807) is 0 Å². The molecule has 0 aliphatic rings. The van der Waals surface area contributed by atoms with E-state index in [2.05, 4.69) is 44.0 Å². The van der Waals surface area contributed by atoms with Crippen LogP contribution in [0.5, 0.6) is 0 Å². The Balaban J connectivity index is 1.99. The number of rotatable bonds is 13. The van der Waals surface area contributed by atoms with Gasteiger partial charge in [0.2, 0.25) is 0 Å². The van der Waals surface area contributed by atoms with E-state index >= 15 is 0 Å². The molecule has 0 saturated heterocycles. The van der Waals surface area contributed by atoms with Crippen LogP contribution in [-0.2, 0) is 41.0 Å². The van der Waals surface area contributed by atoms with E-state index in [1.165, 1.54) is 12.7 Å². The number of hydrogen-bond donors (Lipinski definition) is 2. The van der Waals surface area contributed by atoms with Crippen LogP contribution >= 0.6 is 0 Å². The minimum atomic E-state index is -0.652. The fraction of sp³-hybridized carbons (Fsp3) is 0.500. The van der Waals surface area contributed by atoms with Crippen molar-refractivity contribution in [3.8, 4) is 6.07 Å². The lowest BCUT2D eigenvalue weighted by molar-refractivity contribution is -0.139. The maximum atomic E-state index is 11.5. The summed E-state index contributed by atoms with van der Waals surface area (Å²) in [4.78, 5) is 13.8. The van der Waals surface area contributed by atoms with Gasteiger partial charge in [-0.05, 0) is 66.6 Å². The Hall–Kier alpha value is -2.72. The van der Waals surface area contributed by atoms with Gasteiger partial charge in [0.05, 0.1) is 38.2 Å². The van der Waals surface area contributed by atoms with E-state index in [0.29, 0.717) is 17.5 Å². The lowest BCUT2D eigenvalue weighted by atomic mass is 9.69. The molecule has 6 heteroatoms. The fourth-order valence-corrected chi connectivity index (χ4v) is 4.41. The van der Waals surface area contributed by atoms with Crippen molar-refractivity contribution in [1.82, 2.24) is 4.90 Å². The monoisotopic (exact) mass is 466 g/mol. The first kappa shape index (κ1) is 27.5. The summed E-state index contributed by atoms with van der Waals surface area (Å²) in [6.07, 6.45) is 2.73. The molecular weight excluding hydrogens is 428 g/mol. The smallest absolute Gasteiger partial charge is 0.309 e. The van der Waals surface area contributed by atoms with E-state index in [4.69, 9.17) is 4.74 Å². The number of nitrogens with zero attached hydrogens (tertiary/aromatic N) is 2. The summed E-state index contributed by atoms with van der Waals surface area (Å²) in [5.74, 6) is -0.135. The third-order valence-electron chi connectivity index (χ3n) is 6.71. The number of benzene rings is 2. The molecule has 1 unspecified atom stereocenters. The van der Waals surface area contributed by atoms with E-state index < -0.39 is 5.41 Å². The summed E-state index contributed by atoms with van der Waals surface area (Å²) < 4.78 is 4.75. The number of ether oxygens (including phenoxy) is 1. The number of hydrogen-bond acceptors (Lipinski definition) is 6. The highest BCUT2D eigenvalue weighted by molar-refractivity contribution is 5.72. The SMILES string of the molecule is COC(=O)Cc1cccc(CCN(C)CCCC(C#N)(c2ccc(CO)c(CO)c2)C(C)C)c1. The van der Waals surface area contributed by atoms with Crippen LogP contribution in [0.1, 0.15) is 54.5 Å². The zero-order chi connectivity index (χ0) is 25.1. The van der Waals surface area contributed by atoms with Gasteiger partial charge in [-0.15, -0.1) is 0 Å². The normalized spacial score (nSPS) is 13.0. The summed E-state index contributed by atoms with van der Waals surface area (Å²) in [6.45, 7) is 5.57. The fourth-order valence-electron chi connectivity index (χ4n) is 4.41. The molecule has 0 aromatic heterocycles. The van der Waals surface area contributed by atoms with E-state index in [9.17, 15) is 20.3 Å². The third kappa shape index (κ3) is 7.14. The summed E-state index contributed by atoms with van der Waals surface area (Å²) in [6, 6.07) is 16.2. The number of aliphatic hydroxyl groups excluding tert-OH is 2. The molecule has 34 heavy (non-hydrogen) atoms. The highest BCUT2D eigenvalue weighted by Crippen LogP contribution is 2.37. The van der Waals surface area contributed by atoms with Gasteiger partial charge in [-0.3, -0.25) is 4.79 Å². The van der Waals surface area contributed by atoms with Gasteiger partial charge in [0.1, 0.15) is 0 Å². The van der Waals surface area contributed by atoms with Crippen molar-refractivity contribution in [2.75, 3.05) is 27.2 Å². The Kier molecular flexibility index (Phi) is 10.7. The number of carbonyl (C=O) groups is 1. The van der Waals surface area contributed by atoms with Gasteiger partial charge < -0.3 is 19.8 Å². The van der Waals surface area contributed by atoms with E-state index in [0.717, 1.165) is 37.1 Å². The minimum Gasteiger partial charge on any atom is -0.469 e. The predicted molar refractivity (Wildman–Crippen MR) is 133 cm³/mol. The van der Waals surface area contributed by atoms with Gasteiger partial charge in [0.15, 0.2) is 0 Å². The molecule has 2 aromatic carbocycles. The van der Waals surface area contributed by atoms with Crippen LogP contribution in [0.4, 0.5) is 0 Å². The van der Waals surface area contributed by atoms with Crippen LogP contribution in [-0.4, -0.2) is 48.3 Å². The Bertz CT molecular complexity index is 983. The van der Waals surface area contributed by atoms with Crippen LogP contribution in [0.3, 0.4) is 0 Å². The van der Waals surface area contributed by atoms with E-state index in [-0.39, 0.29) is 31.5 Å². The van der Waals surface area contributed by atoms with Gasteiger partial charge in [-0.2, -0.15) is 5.26 Å². The zero-order valence-corrected chi connectivity index (χ0v) is 20.9. The summed E-state index contributed by atoms with van der Waals surface area (Å²) in [5, 5.41) is 29.4. The molecule has 0 aliphatic carbocycles. The Morgan fingerprint density at radius 3 is 2.41 bits per heavy atom. The molecule has 2 N–H and O–H groups in total. The first-order valence-corrected chi connectivity index (χ1v) is 11.9. The van der Waals surface area contributed by atoms with Crippen molar-refractivity contribution in [1.29, 1.82) is 5.26 Å². The van der Waals surface area contributed by atoms with Crippen molar-refractivity contribution in [3.05, 3.63) is 70.3 Å². The molecule has 0 saturated carbocycles. The molecule has 0 aliphatic heterocycles. The van der Waals surface area contributed by atoms with Crippen LogP contribution in [0, 0.1) is 17.2 Å². The second-order valence-electron chi connectivity index (χ2n) is 9.27. The lowest BCUT2D eigenvalue weighted by Gasteiger charge is -2.32. The third-order valence-corrected chi connectivity index (χ3v) is 6.71. The van der Waals surface area contributed by atoms with Crippen LogP contribution in [0.15, 0.2) is 42.5 Å². The molecule has 6 nitrogen and oxygen atoms in total. The number of esters is 1. The molecule has 0 fully saturated rings. The van der Waals surface area contributed by atoms with Gasteiger partial charge in [0.25, 0.3) is 0 Å². The van der Waals surface area contributed by atoms with Gasteiger partial charge in [0, 0.05) is 6.54 Å². The highest BCUT2D eigenvalue weighted by atomic mass is 16.5. The molecule has 1 atom stereocenters. The lowest BCUT2D eigenvalue weighted by Crippen LogP contribution is -2.33. The summed E-state index contributed by atoms with van der Waals surface area (Å²) >= 11 is 0. The predicted octanol–water partition coefficient (Wildman–Crippen LogP) is 3.76. The average Bonchev–Trinajstić information content (AvgIpc) is 2.85. The number of methoxy groups -OCH3 is 1. The van der Waals surface area contributed by atoms with Crippen molar-refractivity contribution in [2.24, 2.45) is 5.92 Å². The number of nitriles is 1. The quantitative estimate of drug-likeness (QED) is 0.437. The molecule has 0 bridgehead atoms. The molecule has 0 spiro atoms. The van der Waals surface area contributed by atoms with Crippen molar-refractivity contribution in [3.63, 3.8) is 0 Å². The van der Waals surface area contributed by atoms with Crippen LogP contribution < -0.4 is 0 Å². The first-order chi connectivity index (χ1) is 16.3. The largest absolute Gasteiger partial charge is 0.469 e.